The summed E-state index contributed by atoms with van der Waals surface area (Å²) in [4.78, 5) is 5.94. The number of thiazole rings is 1. The average molecular weight is 291 g/mol. The Kier molecular flexibility index (Phi) is 3.01. The Bertz CT molecular complexity index is 466. The van der Waals surface area contributed by atoms with Crippen molar-refractivity contribution in [2.24, 2.45) is 23.2 Å². The standard InChI is InChI=1S/C17H25NOS/c1-10-11(2)20-16(18-10)6-15(19)17-7-12-3-13(8-17)5-14(4-12)9-17/h12-15,19H,3-9H2,1-2H3. The molecule has 4 bridgehead atoms. The zero-order valence-corrected chi connectivity index (χ0v) is 13.4. The molecule has 1 heterocycles. The number of aromatic nitrogens is 1. The summed E-state index contributed by atoms with van der Waals surface area (Å²) in [6.07, 6.45) is 8.80. The second-order valence-electron chi connectivity index (χ2n) is 7.75. The molecule has 0 radical (unpaired) electrons. The Balaban J connectivity index is 1.54. The van der Waals surface area contributed by atoms with Gasteiger partial charge in [0.05, 0.1) is 16.8 Å². The van der Waals surface area contributed by atoms with Gasteiger partial charge in [-0.25, -0.2) is 4.98 Å². The van der Waals surface area contributed by atoms with Gasteiger partial charge in [0.1, 0.15) is 0 Å². The van der Waals surface area contributed by atoms with Gasteiger partial charge in [-0.3, -0.25) is 0 Å². The van der Waals surface area contributed by atoms with Crippen molar-refractivity contribution in [3.05, 3.63) is 15.6 Å². The van der Waals surface area contributed by atoms with Crippen molar-refractivity contribution in [1.29, 1.82) is 0 Å². The monoisotopic (exact) mass is 291 g/mol. The van der Waals surface area contributed by atoms with Crippen molar-refractivity contribution in [2.75, 3.05) is 0 Å². The predicted octanol–water partition coefficient (Wildman–Crippen LogP) is 3.88. The fourth-order valence-electron chi connectivity index (χ4n) is 5.59. The summed E-state index contributed by atoms with van der Waals surface area (Å²) in [5, 5.41) is 12.1. The Morgan fingerprint density at radius 3 is 2.15 bits per heavy atom. The number of aliphatic hydroxyl groups is 1. The van der Waals surface area contributed by atoms with E-state index in [4.69, 9.17) is 0 Å². The molecule has 4 fully saturated rings. The first-order chi connectivity index (χ1) is 9.54. The van der Waals surface area contributed by atoms with Crippen molar-refractivity contribution >= 4 is 11.3 Å². The van der Waals surface area contributed by atoms with E-state index in [0.717, 1.165) is 34.9 Å². The zero-order valence-electron chi connectivity index (χ0n) is 12.6. The second-order valence-corrected chi connectivity index (χ2v) is 9.04. The Labute approximate surface area is 125 Å². The zero-order chi connectivity index (χ0) is 13.9. The first kappa shape index (κ1) is 13.3. The maximum Gasteiger partial charge on any atom is 0.0956 e. The van der Waals surface area contributed by atoms with Crippen LogP contribution in [0.3, 0.4) is 0 Å². The molecule has 1 unspecified atom stereocenters. The van der Waals surface area contributed by atoms with Crippen LogP contribution in [0, 0.1) is 37.0 Å². The molecule has 2 nitrogen and oxygen atoms in total. The van der Waals surface area contributed by atoms with Crippen LogP contribution in [-0.2, 0) is 6.42 Å². The molecule has 1 N–H and O–H groups in total. The Morgan fingerprint density at radius 1 is 1.15 bits per heavy atom. The van der Waals surface area contributed by atoms with Gasteiger partial charge in [0.2, 0.25) is 0 Å². The van der Waals surface area contributed by atoms with Crippen LogP contribution in [0.2, 0.25) is 0 Å². The van der Waals surface area contributed by atoms with E-state index in [1.807, 2.05) is 0 Å². The van der Waals surface area contributed by atoms with Crippen molar-refractivity contribution in [1.82, 2.24) is 4.98 Å². The van der Waals surface area contributed by atoms with Crippen molar-refractivity contribution in [3.63, 3.8) is 0 Å². The van der Waals surface area contributed by atoms with Crippen LogP contribution >= 0.6 is 11.3 Å². The van der Waals surface area contributed by atoms with Crippen LogP contribution in [0.4, 0.5) is 0 Å². The van der Waals surface area contributed by atoms with Crippen molar-refractivity contribution in [3.8, 4) is 0 Å². The minimum Gasteiger partial charge on any atom is -0.392 e. The minimum absolute atomic E-state index is 0.166. The minimum atomic E-state index is -0.166. The molecule has 0 saturated heterocycles. The predicted molar refractivity (Wildman–Crippen MR) is 81.9 cm³/mol. The van der Waals surface area contributed by atoms with Gasteiger partial charge in [-0.05, 0) is 75.5 Å². The van der Waals surface area contributed by atoms with E-state index in [1.54, 1.807) is 11.3 Å². The van der Waals surface area contributed by atoms with E-state index in [1.165, 1.54) is 43.4 Å². The summed E-state index contributed by atoms with van der Waals surface area (Å²) in [7, 11) is 0. The van der Waals surface area contributed by atoms with Gasteiger partial charge in [-0.15, -0.1) is 11.3 Å². The Morgan fingerprint density at radius 2 is 1.70 bits per heavy atom. The van der Waals surface area contributed by atoms with Gasteiger partial charge in [0.25, 0.3) is 0 Å². The molecule has 1 atom stereocenters. The number of rotatable bonds is 3. The maximum atomic E-state index is 10.9. The van der Waals surface area contributed by atoms with Crippen molar-refractivity contribution in [2.45, 2.75) is 64.9 Å². The van der Waals surface area contributed by atoms with Gasteiger partial charge in [0.15, 0.2) is 0 Å². The van der Waals surface area contributed by atoms with Gasteiger partial charge in [-0.2, -0.15) is 0 Å². The lowest BCUT2D eigenvalue weighted by Crippen LogP contribution is -2.52. The summed E-state index contributed by atoms with van der Waals surface area (Å²) in [5.74, 6) is 2.74. The van der Waals surface area contributed by atoms with E-state index in [9.17, 15) is 5.11 Å². The summed E-state index contributed by atoms with van der Waals surface area (Å²) in [6, 6.07) is 0. The number of nitrogens with zero attached hydrogens (tertiary/aromatic N) is 1. The van der Waals surface area contributed by atoms with Crippen LogP contribution in [0.5, 0.6) is 0 Å². The largest absolute Gasteiger partial charge is 0.392 e. The molecule has 20 heavy (non-hydrogen) atoms. The normalized spacial score (nSPS) is 40.2. The molecule has 3 heteroatoms. The molecule has 4 saturated carbocycles. The fourth-order valence-corrected chi connectivity index (χ4v) is 6.56. The molecule has 5 rings (SSSR count). The third-order valence-corrected chi connectivity index (χ3v) is 7.33. The van der Waals surface area contributed by atoms with E-state index >= 15 is 0 Å². The molecule has 110 valence electrons. The lowest BCUT2D eigenvalue weighted by atomic mass is 9.48. The maximum absolute atomic E-state index is 10.9. The van der Waals surface area contributed by atoms with E-state index in [-0.39, 0.29) is 11.5 Å². The van der Waals surface area contributed by atoms with Crippen LogP contribution in [0.1, 0.15) is 54.1 Å². The molecule has 4 aliphatic rings. The van der Waals surface area contributed by atoms with Crippen LogP contribution in [0.25, 0.3) is 0 Å². The molecule has 0 aliphatic heterocycles. The quantitative estimate of drug-likeness (QED) is 0.917. The first-order valence-electron chi connectivity index (χ1n) is 8.15. The first-order valence-corrected chi connectivity index (χ1v) is 8.97. The SMILES string of the molecule is Cc1nc(CC(O)C23CC4CC(CC(C4)C2)C3)sc1C. The summed E-state index contributed by atoms with van der Waals surface area (Å²) in [6.45, 7) is 4.21. The third kappa shape index (κ3) is 2.05. The van der Waals surface area contributed by atoms with Crippen LogP contribution < -0.4 is 0 Å². The molecule has 4 aliphatic carbocycles. The number of hydrogen-bond donors (Lipinski definition) is 1. The summed E-state index contributed by atoms with van der Waals surface area (Å²) in [5.41, 5.74) is 1.38. The molecule has 1 aromatic rings. The smallest absolute Gasteiger partial charge is 0.0956 e. The van der Waals surface area contributed by atoms with Crippen LogP contribution in [-0.4, -0.2) is 16.2 Å². The molecule has 0 aromatic carbocycles. The van der Waals surface area contributed by atoms with E-state index < -0.39 is 0 Å². The van der Waals surface area contributed by atoms with Gasteiger partial charge < -0.3 is 5.11 Å². The molecular formula is C17H25NOS. The fraction of sp³-hybridized carbons (Fsp3) is 0.824. The topological polar surface area (TPSA) is 33.1 Å². The van der Waals surface area contributed by atoms with E-state index in [2.05, 4.69) is 18.8 Å². The van der Waals surface area contributed by atoms with Gasteiger partial charge in [-0.1, -0.05) is 0 Å². The highest BCUT2D eigenvalue weighted by molar-refractivity contribution is 7.11. The third-order valence-electron chi connectivity index (χ3n) is 6.23. The van der Waals surface area contributed by atoms with Crippen molar-refractivity contribution < 1.29 is 5.11 Å². The highest BCUT2D eigenvalue weighted by atomic mass is 32.1. The molecule has 0 spiro atoms. The lowest BCUT2D eigenvalue weighted by molar-refractivity contribution is -0.119. The highest BCUT2D eigenvalue weighted by Crippen LogP contribution is 2.61. The number of hydrogen-bond acceptors (Lipinski definition) is 3. The highest BCUT2D eigenvalue weighted by Gasteiger charge is 2.53. The van der Waals surface area contributed by atoms with Crippen LogP contribution in [0.15, 0.2) is 0 Å². The van der Waals surface area contributed by atoms with E-state index in [0.29, 0.717) is 0 Å². The molecule has 0 amide bonds. The summed E-state index contributed by atoms with van der Waals surface area (Å²) < 4.78 is 0. The average Bonchev–Trinajstić information content (AvgIpc) is 2.66. The second kappa shape index (κ2) is 4.54. The van der Waals surface area contributed by atoms with Gasteiger partial charge in [0, 0.05) is 11.3 Å². The lowest BCUT2D eigenvalue weighted by Gasteiger charge is -2.58. The molecular weight excluding hydrogens is 266 g/mol. The van der Waals surface area contributed by atoms with Gasteiger partial charge >= 0.3 is 0 Å². The Hall–Kier alpha value is -0.410. The number of aliphatic hydroxyl groups excluding tert-OH is 1. The molecule has 1 aromatic heterocycles. The summed E-state index contributed by atoms with van der Waals surface area (Å²) >= 11 is 1.78. The number of aryl methyl sites for hydroxylation is 2.